The molecule has 0 spiro atoms. The minimum Gasteiger partial charge on any atom is -0.337 e. The molecule has 1 atom stereocenters. The van der Waals surface area contributed by atoms with Gasteiger partial charge in [-0.1, -0.05) is 18.2 Å². The smallest absolute Gasteiger partial charge is 0.255 e. The summed E-state index contributed by atoms with van der Waals surface area (Å²) in [5.41, 5.74) is 6.81. The van der Waals surface area contributed by atoms with Crippen molar-refractivity contribution in [3.8, 4) is 0 Å². The maximum absolute atomic E-state index is 12.8. The van der Waals surface area contributed by atoms with Crippen LogP contribution in [0.4, 0.5) is 0 Å². The average Bonchev–Trinajstić information content (AvgIpc) is 3.06. The Bertz CT molecular complexity index is 627. The summed E-state index contributed by atoms with van der Waals surface area (Å²) in [5, 5.41) is 2.09. The van der Waals surface area contributed by atoms with Crippen molar-refractivity contribution in [1.82, 2.24) is 4.90 Å². The van der Waals surface area contributed by atoms with Gasteiger partial charge in [-0.25, -0.2) is 0 Å². The van der Waals surface area contributed by atoms with E-state index < -0.39 is 0 Å². The molecule has 1 aromatic heterocycles. The van der Waals surface area contributed by atoms with E-state index in [1.165, 1.54) is 4.88 Å². The number of hydrogen-bond acceptors (Lipinski definition) is 4. The fourth-order valence-corrected chi connectivity index (χ4v) is 4.50. The number of benzene rings is 1. The molecule has 2 heterocycles. The highest BCUT2D eigenvalue weighted by Crippen LogP contribution is 2.29. The summed E-state index contributed by atoms with van der Waals surface area (Å²) in [6.07, 6.45) is 2.01. The molecule has 0 aliphatic carbocycles. The van der Waals surface area contributed by atoms with Crippen LogP contribution in [0.1, 0.15) is 28.1 Å². The molecule has 1 unspecified atom stereocenters. The zero-order valence-electron chi connectivity index (χ0n) is 12.4. The normalized spacial score (nSPS) is 18.4. The maximum Gasteiger partial charge on any atom is 0.255 e. The standard InChI is InChI=1S/C17H20N2OS2/c18-13-5-3-9-19(11-13)17(20)15-7-1-2-8-16(15)22-12-14-6-4-10-21-14/h1-2,4,6-8,10,13H,3,5,9,11-12,18H2. The Morgan fingerprint density at radius 1 is 1.32 bits per heavy atom. The van der Waals surface area contributed by atoms with Crippen LogP contribution in [-0.4, -0.2) is 29.9 Å². The molecule has 1 aliphatic rings. The zero-order chi connectivity index (χ0) is 15.4. The van der Waals surface area contributed by atoms with Gasteiger partial charge in [-0.05, 0) is 36.4 Å². The largest absolute Gasteiger partial charge is 0.337 e. The highest BCUT2D eigenvalue weighted by molar-refractivity contribution is 7.98. The minimum absolute atomic E-state index is 0.114. The van der Waals surface area contributed by atoms with E-state index in [9.17, 15) is 4.79 Å². The number of hydrogen-bond donors (Lipinski definition) is 1. The van der Waals surface area contributed by atoms with Crippen LogP contribution in [0.25, 0.3) is 0 Å². The lowest BCUT2D eigenvalue weighted by molar-refractivity contribution is 0.0705. The van der Waals surface area contributed by atoms with E-state index in [0.717, 1.165) is 35.6 Å². The summed E-state index contributed by atoms with van der Waals surface area (Å²) in [7, 11) is 0. The van der Waals surface area contributed by atoms with Gasteiger partial charge in [0, 0.05) is 34.7 Å². The van der Waals surface area contributed by atoms with Crippen LogP contribution in [0.3, 0.4) is 0 Å². The van der Waals surface area contributed by atoms with Gasteiger partial charge in [-0.3, -0.25) is 4.79 Å². The SMILES string of the molecule is NC1CCCN(C(=O)c2ccccc2SCc2cccs2)C1. The summed E-state index contributed by atoms with van der Waals surface area (Å²) in [4.78, 5) is 17.1. The molecule has 0 radical (unpaired) electrons. The van der Waals surface area contributed by atoms with Gasteiger partial charge in [0.05, 0.1) is 5.56 Å². The zero-order valence-corrected chi connectivity index (χ0v) is 14.0. The van der Waals surface area contributed by atoms with Gasteiger partial charge in [0.25, 0.3) is 5.91 Å². The molecule has 2 aromatic rings. The van der Waals surface area contributed by atoms with Crippen LogP contribution in [0.15, 0.2) is 46.7 Å². The molecule has 1 saturated heterocycles. The summed E-state index contributed by atoms with van der Waals surface area (Å²) in [6.45, 7) is 1.49. The number of rotatable bonds is 4. The lowest BCUT2D eigenvalue weighted by atomic mass is 10.1. The number of carbonyl (C=O) groups excluding carboxylic acids is 1. The lowest BCUT2D eigenvalue weighted by Crippen LogP contribution is -2.45. The van der Waals surface area contributed by atoms with Crippen LogP contribution in [-0.2, 0) is 5.75 Å². The van der Waals surface area contributed by atoms with Gasteiger partial charge >= 0.3 is 0 Å². The number of amides is 1. The van der Waals surface area contributed by atoms with Gasteiger partial charge < -0.3 is 10.6 Å². The van der Waals surface area contributed by atoms with E-state index in [1.807, 2.05) is 29.2 Å². The van der Waals surface area contributed by atoms with Crippen LogP contribution in [0, 0.1) is 0 Å². The van der Waals surface area contributed by atoms with Crippen LogP contribution in [0.2, 0.25) is 0 Å². The van der Waals surface area contributed by atoms with E-state index >= 15 is 0 Å². The molecule has 1 aliphatic heterocycles. The fraction of sp³-hybridized carbons (Fsp3) is 0.353. The Morgan fingerprint density at radius 2 is 2.18 bits per heavy atom. The second kappa shape index (κ2) is 7.31. The highest BCUT2D eigenvalue weighted by atomic mass is 32.2. The maximum atomic E-state index is 12.8. The predicted molar refractivity (Wildman–Crippen MR) is 93.4 cm³/mol. The predicted octanol–water partition coefficient (Wildman–Crippen LogP) is 3.60. The molecule has 1 amide bonds. The fourth-order valence-electron chi connectivity index (χ4n) is 2.68. The van der Waals surface area contributed by atoms with Crippen molar-refractivity contribution in [2.45, 2.75) is 29.5 Å². The van der Waals surface area contributed by atoms with Crippen LogP contribution < -0.4 is 5.73 Å². The quantitative estimate of drug-likeness (QED) is 0.870. The molecular formula is C17H20N2OS2. The number of thioether (sulfide) groups is 1. The molecule has 1 fully saturated rings. The van der Waals surface area contributed by atoms with Gasteiger partial charge in [0.1, 0.15) is 0 Å². The first kappa shape index (κ1) is 15.6. The monoisotopic (exact) mass is 332 g/mol. The van der Waals surface area contributed by atoms with E-state index in [0.29, 0.717) is 6.54 Å². The first-order valence-corrected chi connectivity index (χ1v) is 9.39. The third-order valence-corrected chi connectivity index (χ3v) is 5.99. The lowest BCUT2D eigenvalue weighted by Gasteiger charge is -2.31. The summed E-state index contributed by atoms with van der Waals surface area (Å²) >= 11 is 3.48. The van der Waals surface area contributed by atoms with Gasteiger partial charge in [-0.2, -0.15) is 0 Å². The molecule has 3 rings (SSSR count). The molecule has 0 saturated carbocycles. The Hall–Kier alpha value is -1.30. The van der Waals surface area contributed by atoms with Crippen molar-refractivity contribution < 1.29 is 4.79 Å². The van der Waals surface area contributed by atoms with E-state index in [-0.39, 0.29) is 11.9 Å². The number of likely N-dealkylation sites (tertiary alicyclic amines) is 1. The molecule has 0 bridgehead atoms. The molecule has 1 aromatic carbocycles. The van der Waals surface area contributed by atoms with Crippen LogP contribution in [0.5, 0.6) is 0 Å². The Balaban J connectivity index is 1.73. The topological polar surface area (TPSA) is 46.3 Å². The molecular weight excluding hydrogens is 312 g/mol. The van der Waals surface area contributed by atoms with Gasteiger partial charge in [0.15, 0.2) is 0 Å². The number of nitrogens with zero attached hydrogens (tertiary/aromatic N) is 1. The van der Waals surface area contributed by atoms with Gasteiger partial charge in [0.2, 0.25) is 0 Å². The van der Waals surface area contributed by atoms with Crippen molar-refractivity contribution in [3.63, 3.8) is 0 Å². The summed E-state index contributed by atoms with van der Waals surface area (Å²) < 4.78 is 0. The van der Waals surface area contributed by atoms with Crippen molar-refractivity contribution in [1.29, 1.82) is 0 Å². The number of carbonyl (C=O) groups is 1. The van der Waals surface area contributed by atoms with E-state index in [1.54, 1.807) is 23.1 Å². The number of thiophene rings is 1. The molecule has 22 heavy (non-hydrogen) atoms. The van der Waals surface area contributed by atoms with Crippen molar-refractivity contribution >= 4 is 29.0 Å². The molecule has 3 nitrogen and oxygen atoms in total. The Kier molecular flexibility index (Phi) is 5.18. The Morgan fingerprint density at radius 3 is 2.95 bits per heavy atom. The van der Waals surface area contributed by atoms with E-state index in [2.05, 4.69) is 17.5 Å². The minimum atomic E-state index is 0.114. The highest BCUT2D eigenvalue weighted by Gasteiger charge is 2.23. The number of nitrogens with two attached hydrogens (primary N) is 1. The molecule has 5 heteroatoms. The summed E-state index contributed by atoms with van der Waals surface area (Å²) in [5.74, 6) is 1.02. The van der Waals surface area contributed by atoms with Gasteiger partial charge in [-0.15, -0.1) is 23.1 Å². The summed E-state index contributed by atoms with van der Waals surface area (Å²) in [6, 6.07) is 12.2. The second-order valence-corrected chi connectivity index (χ2v) is 7.57. The molecule has 2 N–H and O–H groups in total. The van der Waals surface area contributed by atoms with Crippen molar-refractivity contribution in [2.75, 3.05) is 13.1 Å². The molecule has 116 valence electrons. The second-order valence-electron chi connectivity index (χ2n) is 5.52. The van der Waals surface area contributed by atoms with Crippen molar-refractivity contribution in [3.05, 3.63) is 52.2 Å². The number of piperidine rings is 1. The first-order chi connectivity index (χ1) is 10.7. The Labute approximate surface area is 139 Å². The average molecular weight is 332 g/mol. The first-order valence-electron chi connectivity index (χ1n) is 7.53. The third-order valence-electron chi connectivity index (χ3n) is 3.81. The van der Waals surface area contributed by atoms with E-state index in [4.69, 9.17) is 5.73 Å². The van der Waals surface area contributed by atoms with Crippen molar-refractivity contribution in [2.24, 2.45) is 5.73 Å². The van der Waals surface area contributed by atoms with Crippen LogP contribution >= 0.6 is 23.1 Å². The third kappa shape index (κ3) is 3.72.